The van der Waals surface area contributed by atoms with E-state index in [0.29, 0.717) is 10.3 Å². The molecule has 1 N–H and O–H groups in total. The molecule has 0 aliphatic carbocycles. The lowest BCUT2D eigenvalue weighted by Gasteiger charge is -2.11. The van der Waals surface area contributed by atoms with Crippen LogP contribution >= 0.6 is 15.9 Å². The maximum absolute atomic E-state index is 12.0. The van der Waals surface area contributed by atoms with E-state index < -0.39 is 12.8 Å². The first-order valence-corrected chi connectivity index (χ1v) is 4.81. The molecule has 1 aromatic heterocycles. The fourth-order valence-corrected chi connectivity index (χ4v) is 1.34. The fraction of sp³-hybridized carbons (Fsp3) is 0.500. The summed E-state index contributed by atoms with van der Waals surface area (Å²) in [5.74, 6) is 0.450. The molecule has 0 radical (unpaired) electrons. The molecule has 78 valence electrons. The summed E-state index contributed by atoms with van der Waals surface area (Å²) >= 11 is 3.02. The molecule has 4 nitrogen and oxygen atoms in total. The molecule has 14 heavy (non-hydrogen) atoms. The maximum atomic E-state index is 12.0. The fourth-order valence-electron chi connectivity index (χ4n) is 1.03. The average molecular weight is 265 g/mol. The molecule has 0 aromatic carbocycles. The van der Waals surface area contributed by atoms with Gasteiger partial charge in [-0.2, -0.15) is 0 Å². The van der Waals surface area contributed by atoms with Crippen LogP contribution in [0, 0.1) is 6.92 Å². The maximum Gasteiger partial charge on any atom is 0.267 e. The van der Waals surface area contributed by atoms with Crippen LogP contribution in [0.3, 0.4) is 0 Å². The van der Waals surface area contributed by atoms with E-state index in [9.17, 15) is 9.18 Å². The van der Waals surface area contributed by atoms with Gasteiger partial charge in [-0.3, -0.25) is 9.36 Å². The number of halogens is 2. The Kier molecular flexibility index (Phi) is 3.77. The second-order valence-corrected chi connectivity index (χ2v) is 3.73. The normalized spacial score (nSPS) is 12.9. The van der Waals surface area contributed by atoms with E-state index in [1.807, 2.05) is 0 Å². The Hall–Kier alpha value is -0.750. The van der Waals surface area contributed by atoms with E-state index in [4.69, 9.17) is 5.11 Å². The Morgan fingerprint density at radius 3 is 3.00 bits per heavy atom. The lowest BCUT2D eigenvalue weighted by Crippen LogP contribution is -2.30. The Balaban J connectivity index is 3.07. The molecule has 0 saturated carbocycles. The van der Waals surface area contributed by atoms with Crippen molar-refractivity contribution in [2.45, 2.75) is 19.6 Å². The van der Waals surface area contributed by atoms with E-state index in [1.165, 1.54) is 10.8 Å². The summed E-state index contributed by atoms with van der Waals surface area (Å²) in [6.45, 7) is 0.671. The molecule has 1 rings (SSSR count). The van der Waals surface area contributed by atoms with E-state index in [2.05, 4.69) is 20.9 Å². The van der Waals surface area contributed by atoms with Crippen molar-refractivity contribution >= 4 is 15.9 Å². The third kappa shape index (κ3) is 2.39. The zero-order valence-corrected chi connectivity index (χ0v) is 9.16. The highest BCUT2D eigenvalue weighted by molar-refractivity contribution is 9.10. The summed E-state index contributed by atoms with van der Waals surface area (Å²) in [5, 5.41) is 9.07. The largest absolute Gasteiger partial charge is 0.389 e. The van der Waals surface area contributed by atoms with Crippen LogP contribution in [0.4, 0.5) is 4.39 Å². The highest BCUT2D eigenvalue weighted by Gasteiger charge is 2.10. The molecule has 6 heteroatoms. The molecule has 1 atom stereocenters. The summed E-state index contributed by atoms with van der Waals surface area (Å²) < 4.78 is 13.6. The van der Waals surface area contributed by atoms with Gasteiger partial charge in [-0.15, -0.1) is 0 Å². The van der Waals surface area contributed by atoms with Crippen molar-refractivity contribution in [3.63, 3.8) is 0 Å². The minimum atomic E-state index is -1.16. The number of aliphatic hydroxyl groups excluding tert-OH is 1. The summed E-state index contributed by atoms with van der Waals surface area (Å²) in [7, 11) is 0. The summed E-state index contributed by atoms with van der Waals surface area (Å²) in [5.41, 5.74) is -0.315. The van der Waals surface area contributed by atoms with Crippen LogP contribution in [0.25, 0.3) is 0 Å². The molecule has 0 spiro atoms. The van der Waals surface area contributed by atoms with Gasteiger partial charge in [0, 0.05) is 6.20 Å². The van der Waals surface area contributed by atoms with Gasteiger partial charge < -0.3 is 5.11 Å². The number of hydrogen-bond donors (Lipinski definition) is 1. The van der Waals surface area contributed by atoms with Crippen molar-refractivity contribution in [2.75, 3.05) is 6.67 Å². The second kappa shape index (κ2) is 4.65. The van der Waals surface area contributed by atoms with Crippen LogP contribution in [-0.4, -0.2) is 27.4 Å². The minimum absolute atomic E-state index is 0.0758. The first-order valence-electron chi connectivity index (χ1n) is 4.02. The Bertz CT molecular complexity index is 380. The lowest BCUT2D eigenvalue weighted by atomic mass is 10.3. The van der Waals surface area contributed by atoms with Crippen LogP contribution < -0.4 is 5.56 Å². The molecule has 0 amide bonds. The van der Waals surface area contributed by atoms with Crippen molar-refractivity contribution in [2.24, 2.45) is 0 Å². The van der Waals surface area contributed by atoms with E-state index in [1.54, 1.807) is 6.92 Å². The van der Waals surface area contributed by atoms with Crippen molar-refractivity contribution < 1.29 is 9.50 Å². The van der Waals surface area contributed by atoms with Crippen LogP contribution in [0.5, 0.6) is 0 Å². The lowest BCUT2D eigenvalue weighted by molar-refractivity contribution is 0.119. The Labute approximate surface area is 88.5 Å². The van der Waals surface area contributed by atoms with Crippen molar-refractivity contribution in [3.8, 4) is 0 Å². The number of hydrogen-bond acceptors (Lipinski definition) is 3. The van der Waals surface area contributed by atoms with E-state index in [-0.39, 0.29) is 12.1 Å². The Morgan fingerprint density at radius 1 is 1.79 bits per heavy atom. The van der Waals surface area contributed by atoms with Crippen LogP contribution in [0.15, 0.2) is 15.5 Å². The van der Waals surface area contributed by atoms with Gasteiger partial charge in [-0.25, -0.2) is 9.37 Å². The summed E-state index contributed by atoms with van der Waals surface area (Å²) in [6.07, 6.45) is 0.221. The quantitative estimate of drug-likeness (QED) is 0.872. The Morgan fingerprint density at radius 2 is 2.43 bits per heavy atom. The number of alkyl halides is 1. The smallest absolute Gasteiger partial charge is 0.267 e. The predicted octanol–water partition coefficient (Wildman–Crippen LogP) is 0.645. The van der Waals surface area contributed by atoms with E-state index >= 15 is 0 Å². The highest BCUT2D eigenvalue weighted by atomic mass is 79.9. The van der Waals surface area contributed by atoms with E-state index in [0.717, 1.165) is 0 Å². The summed E-state index contributed by atoms with van der Waals surface area (Å²) in [4.78, 5) is 15.4. The second-order valence-electron chi connectivity index (χ2n) is 2.88. The number of nitrogens with zero attached hydrogens (tertiary/aromatic N) is 2. The molecule has 0 aliphatic heterocycles. The number of rotatable bonds is 3. The van der Waals surface area contributed by atoms with Gasteiger partial charge in [-0.05, 0) is 22.9 Å². The zero-order chi connectivity index (χ0) is 10.7. The third-order valence-corrected chi connectivity index (χ3v) is 2.32. The standard InChI is InChI=1S/C8H10BrFN2O2/c1-5-11-3-7(9)8(14)12(5)4-6(13)2-10/h3,6,13H,2,4H2,1H3. The monoisotopic (exact) mass is 264 g/mol. The molecular weight excluding hydrogens is 255 g/mol. The van der Waals surface area contributed by atoms with Crippen LogP contribution in [0.1, 0.15) is 5.82 Å². The van der Waals surface area contributed by atoms with Gasteiger partial charge in [0.25, 0.3) is 5.56 Å². The molecule has 1 aromatic rings. The number of aromatic nitrogens is 2. The SMILES string of the molecule is Cc1ncc(Br)c(=O)n1CC(O)CF. The van der Waals surface area contributed by atoms with Crippen molar-refractivity contribution in [3.05, 3.63) is 26.8 Å². The van der Waals surface area contributed by atoms with Gasteiger partial charge in [0.05, 0.1) is 6.54 Å². The third-order valence-electron chi connectivity index (χ3n) is 1.78. The molecule has 0 saturated heterocycles. The number of aryl methyl sites for hydroxylation is 1. The topological polar surface area (TPSA) is 55.1 Å². The average Bonchev–Trinajstić information content (AvgIpc) is 2.18. The predicted molar refractivity (Wildman–Crippen MR) is 52.9 cm³/mol. The molecule has 0 bridgehead atoms. The van der Waals surface area contributed by atoms with Gasteiger partial charge in [-0.1, -0.05) is 0 Å². The van der Waals surface area contributed by atoms with Crippen LogP contribution in [-0.2, 0) is 6.54 Å². The van der Waals surface area contributed by atoms with Gasteiger partial charge >= 0.3 is 0 Å². The van der Waals surface area contributed by atoms with Crippen molar-refractivity contribution in [1.82, 2.24) is 9.55 Å². The first-order chi connectivity index (χ1) is 6.56. The minimum Gasteiger partial charge on any atom is -0.389 e. The number of aliphatic hydroxyl groups is 1. The molecule has 1 unspecified atom stereocenters. The highest BCUT2D eigenvalue weighted by Crippen LogP contribution is 2.02. The molecule has 1 heterocycles. The van der Waals surface area contributed by atoms with Crippen molar-refractivity contribution in [1.29, 1.82) is 0 Å². The molecular formula is C8H10BrFN2O2. The molecule has 0 fully saturated rings. The van der Waals surface area contributed by atoms with Gasteiger partial charge in [0.1, 0.15) is 23.1 Å². The summed E-state index contributed by atoms with van der Waals surface area (Å²) in [6, 6.07) is 0. The van der Waals surface area contributed by atoms with Crippen LogP contribution in [0.2, 0.25) is 0 Å². The zero-order valence-electron chi connectivity index (χ0n) is 7.57. The van der Waals surface area contributed by atoms with Gasteiger partial charge in [0.2, 0.25) is 0 Å². The first kappa shape index (κ1) is 11.3. The van der Waals surface area contributed by atoms with Gasteiger partial charge in [0.15, 0.2) is 0 Å². The molecule has 0 aliphatic rings.